The minimum Gasteiger partial charge on any atom is -0.383 e. The number of nitrogens with zero attached hydrogens (tertiary/aromatic N) is 5. The highest BCUT2D eigenvalue weighted by molar-refractivity contribution is 6.04. The lowest BCUT2D eigenvalue weighted by molar-refractivity contribution is -0.138. The predicted molar refractivity (Wildman–Crippen MR) is 146 cm³/mol. The number of aryl methyl sites for hydroxylation is 2. The Labute approximate surface area is 230 Å². The van der Waals surface area contributed by atoms with Crippen molar-refractivity contribution in [1.29, 1.82) is 0 Å². The zero-order valence-corrected chi connectivity index (χ0v) is 23.3. The van der Waals surface area contributed by atoms with Gasteiger partial charge in [0.15, 0.2) is 0 Å². The summed E-state index contributed by atoms with van der Waals surface area (Å²) in [6.45, 7) is 6.43. The van der Waals surface area contributed by atoms with Gasteiger partial charge in [-0.05, 0) is 57.1 Å². The lowest BCUT2D eigenvalue weighted by Gasteiger charge is -2.21. The number of rotatable bonds is 9. The lowest BCUT2D eigenvalue weighted by atomic mass is 10.00. The number of nitrogens with one attached hydrogen (secondary N) is 3. The molecule has 1 aromatic carbocycles. The van der Waals surface area contributed by atoms with Crippen molar-refractivity contribution in [3.63, 3.8) is 0 Å². The number of hydrogen-bond donors (Lipinski definition) is 3. The highest BCUT2D eigenvalue weighted by Gasteiger charge is 2.34. The monoisotopic (exact) mass is 558 g/mol. The van der Waals surface area contributed by atoms with E-state index in [1.165, 1.54) is 13.1 Å². The summed E-state index contributed by atoms with van der Waals surface area (Å²) < 4.78 is 48.5. The molecule has 4 rings (SSSR count). The number of pyridine rings is 1. The minimum atomic E-state index is -4.58. The molecule has 0 aliphatic carbocycles. The molecule has 1 amide bonds. The number of amides is 1. The molecular formula is C27H33F3N8O2. The molecule has 13 heteroatoms. The smallest absolute Gasteiger partial charge is 0.383 e. The molecule has 0 saturated heterocycles. The van der Waals surface area contributed by atoms with Gasteiger partial charge in [-0.25, -0.2) is 0 Å². The highest BCUT2D eigenvalue weighted by Crippen LogP contribution is 2.36. The summed E-state index contributed by atoms with van der Waals surface area (Å²) >= 11 is 0. The van der Waals surface area contributed by atoms with Gasteiger partial charge in [-0.15, -0.1) is 5.53 Å². The first kappa shape index (κ1) is 29.1. The molecule has 1 aliphatic rings. The van der Waals surface area contributed by atoms with E-state index in [1.807, 2.05) is 25.1 Å². The average molecular weight is 559 g/mol. The fraction of sp³-hybridized carbons (Fsp3) is 0.370. The molecule has 1 aliphatic heterocycles. The van der Waals surface area contributed by atoms with Gasteiger partial charge in [0.1, 0.15) is 0 Å². The molecule has 10 nitrogen and oxygen atoms in total. The SMILES string of the molecule is COCCN(C)Cc1cc(NC(=O)c2cnc(C)c(N3C=C(c4cnn(C)c4C)NN3)c2)cc(C(F)(F)F)c1C. The van der Waals surface area contributed by atoms with Crippen LogP contribution in [0.3, 0.4) is 0 Å². The van der Waals surface area contributed by atoms with Crippen LogP contribution in [0.2, 0.25) is 0 Å². The molecule has 0 atom stereocenters. The van der Waals surface area contributed by atoms with E-state index in [0.717, 1.165) is 23.0 Å². The van der Waals surface area contributed by atoms with E-state index in [1.54, 1.807) is 49.1 Å². The van der Waals surface area contributed by atoms with Crippen molar-refractivity contribution in [1.82, 2.24) is 30.6 Å². The summed E-state index contributed by atoms with van der Waals surface area (Å²) in [4.78, 5) is 19.4. The van der Waals surface area contributed by atoms with Crippen LogP contribution in [0, 0.1) is 20.8 Å². The van der Waals surface area contributed by atoms with Crippen molar-refractivity contribution in [2.45, 2.75) is 33.5 Å². The third-order valence-electron chi connectivity index (χ3n) is 6.87. The summed E-state index contributed by atoms with van der Waals surface area (Å²) in [7, 11) is 5.22. The van der Waals surface area contributed by atoms with E-state index in [-0.39, 0.29) is 23.4 Å². The number of carbonyl (C=O) groups excluding carboxylic acids is 1. The predicted octanol–water partition coefficient (Wildman–Crippen LogP) is 3.92. The third kappa shape index (κ3) is 6.27. The van der Waals surface area contributed by atoms with Crippen LogP contribution in [0.4, 0.5) is 24.5 Å². The Morgan fingerprint density at radius 3 is 2.58 bits per heavy atom. The van der Waals surface area contributed by atoms with Crippen LogP contribution in [0.1, 0.15) is 44.0 Å². The van der Waals surface area contributed by atoms with Gasteiger partial charge in [-0.2, -0.15) is 18.3 Å². The van der Waals surface area contributed by atoms with E-state index in [9.17, 15) is 18.0 Å². The fourth-order valence-electron chi connectivity index (χ4n) is 4.36. The Morgan fingerprint density at radius 2 is 1.93 bits per heavy atom. The van der Waals surface area contributed by atoms with Gasteiger partial charge in [0, 0.05) is 56.6 Å². The van der Waals surface area contributed by atoms with E-state index in [4.69, 9.17) is 4.74 Å². The number of carbonyl (C=O) groups is 1. The van der Waals surface area contributed by atoms with Gasteiger partial charge >= 0.3 is 6.18 Å². The molecule has 0 spiro atoms. The van der Waals surface area contributed by atoms with Crippen LogP contribution in [0.25, 0.3) is 5.70 Å². The second kappa shape index (κ2) is 11.7. The second-order valence-electron chi connectivity index (χ2n) is 9.74. The summed E-state index contributed by atoms with van der Waals surface area (Å²) in [5.74, 6) is -0.580. The maximum atomic E-state index is 13.9. The molecule has 2 aromatic heterocycles. The van der Waals surface area contributed by atoms with Gasteiger partial charge in [-0.1, -0.05) is 0 Å². The van der Waals surface area contributed by atoms with Crippen molar-refractivity contribution >= 4 is 23.0 Å². The number of methoxy groups -OCH3 is 1. The summed E-state index contributed by atoms with van der Waals surface area (Å²) in [5, 5.41) is 8.58. The fourth-order valence-corrected chi connectivity index (χ4v) is 4.36. The van der Waals surface area contributed by atoms with Gasteiger partial charge in [0.25, 0.3) is 5.91 Å². The number of halogens is 3. The van der Waals surface area contributed by atoms with Crippen LogP contribution in [0.5, 0.6) is 0 Å². The van der Waals surface area contributed by atoms with E-state index < -0.39 is 17.6 Å². The van der Waals surface area contributed by atoms with Crippen molar-refractivity contribution in [2.75, 3.05) is 37.6 Å². The summed E-state index contributed by atoms with van der Waals surface area (Å²) in [5.41, 5.74) is 10.0. The zero-order valence-electron chi connectivity index (χ0n) is 23.3. The molecule has 0 radical (unpaired) electrons. The molecule has 0 bridgehead atoms. The van der Waals surface area contributed by atoms with E-state index in [2.05, 4.69) is 26.4 Å². The lowest BCUT2D eigenvalue weighted by Crippen LogP contribution is -2.36. The molecule has 3 aromatic rings. The zero-order chi connectivity index (χ0) is 29.2. The average Bonchev–Trinajstić information content (AvgIpc) is 3.50. The molecule has 3 N–H and O–H groups in total. The van der Waals surface area contributed by atoms with Gasteiger partial charge < -0.3 is 15.5 Å². The Balaban J connectivity index is 1.60. The van der Waals surface area contributed by atoms with Crippen molar-refractivity contribution in [2.24, 2.45) is 7.05 Å². The van der Waals surface area contributed by atoms with E-state index in [0.29, 0.717) is 30.1 Å². The van der Waals surface area contributed by atoms with Crippen LogP contribution in [-0.2, 0) is 24.5 Å². The largest absolute Gasteiger partial charge is 0.416 e. The normalized spacial score (nSPS) is 13.6. The molecule has 214 valence electrons. The number of anilines is 2. The first-order valence-corrected chi connectivity index (χ1v) is 12.6. The number of benzene rings is 1. The molecule has 0 fully saturated rings. The van der Waals surface area contributed by atoms with Crippen LogP contribution in [-0.4, -0.2) is 52.9 Å². The molecule has 3 heterocycles. The van der Waals surface area contributed by atoms with Crippen LogP contribution >= 0.6 is 0 Å². The molecule has 0 saturated carbocycles. The minimum absolute atomic E-state index is 0.0513. The number of likely N-dealkylation sites (N-methyl/N-ethyl adjacent to an activating group) is 1. The second-order valence-corrected chi connectivity index (χ2v) is 9.74. The third-order valence-corrected chi connectivity index (χ3v) is 6.87. The molecule has 40 heavy (non-hydrogen) atoms. The Kier molecular flexibility index (Phi) is 8.47. The Morgan fingerprint density at radius 1 is 1.18 bits per heavy atom. The van der Waals surface area contributed by atoms with Gasteiger partial charge in [-0.3, -0.25) is 24.4 Å². The molecular weight excluding hydrogens is 525 g/mol. The van der Waals surface area contributed by atoms with Crippen molar-refractivity contribution in [3.05, 3.63) is 76.0 Å². The quantitative estimate of drug-likeness (QED) is 0.364. The number of hydrazine groups is 2. The molecule has 0 unspecified atom stereocenters. The van der Waals surface area contributed by atoms with Crippen LogP contribution in [0.15, 0.2) is 36.8 Å². The first-order chi connectivity index (χ1) is 18.9. The maximum Gasteiger partial charge on any atom is 0.416 e. The number of alkyl halides is 3. The highest BCUT2D eigenvalue weighted by atomic mass is 19.4. The first-order valence-electron chi connectivity index (χ1n) is 12.6. The number of aromatic nitrogens is 3. The van der Waals surface area contributed by atoms with Crippen molar-refractivity contribution < 1.29 is 22.7 Å². The Hall–Kier alpha value is -3.94. The van der Waals surface area contributed by atoms with Crippen molar-refractivity contribution in [3.8, 4) is 0 Å². The van der Waals surface area contributed by atoms with Gasteiger partial charge in [0.2, 0.25) is 0 Å². The van der Waals surface area contributed by atoms with Crippen LogP contribution < -0.4 is 21.3 Å². The number of ether oxygens (including phenoxy) is 1. The number of hydrogen-bond acceptors (Lipinski definition) is 8. The summed E-state index contributed by atoms with van der Waals surface area (Å²) in [6, 6.07) is 4.16. The standard InChI is InChI=1S/C27H33F3N8O2/c1-16-20(14-36(4)7-8-40-6)9-21(11-23(16)27(28,29)30)33-26(39)19-10-25(17(2)31-12-19)38-15-24(34-35-38)22-13-32-37(5)18(22)3/h9-13,15,34-35H,7-8,14H2,1-6H3,(H,33,39). The van der Waals surface area contributed by atoms with Gasteiger partial charge in [0.05, 0.1) is 41.0 Å². The maximum absolute atomic E-state index is 13.9. The topological polar surface area (TPSA) is 99.6 Å². The van der Waals surface area contributed by atoms with E-state index >= 15 is 0 Å². The summed E-state index contributed by atoms with van der Waals surface area (Å²) in [6.07, 6.45) is 0.382. The Bertz CT molecular complexity index is 1430.